The quantitative estimate of drug-likeness (QED) is 0.835. The lowest BCUT2D eigenvalue weighted by atomic mass is 10.1. The van der Waals surface area contributed by atoms with Crippen LogP contribution in [0.2, 0.25) is 0 Å². The first-order chi connectivity index (χ1) is 8.99. The Morgan fingerprint density at radius 3 is 2.79 bits per heavy atom. The van der Waals surface area contributed by atoms with Gasteiger partial charge in [0, 0.05) is 23.5 Å². The molecular formula is C13H14BrFN2OS. The minimum Gasteiger partial charge on any atom is -0.393 e. The predicted octanol–water partition coefficient (Wildman–Crippen LogP) is 2.87. The molecule has 102 valence electrons. The van der Waals surface area contributed by atoms with Crippen molar-refractivity contribution >= 4 is 39.0 Å². The average Bonchev–Trinajstić information content (AvgIpc) is 3.16. The number of carbonyl (C=O) groups is 1. The fraction of sp³-hybridized carbons (Fsp3) is 0.385. The van der Waals surface area contributed by atoms with Crippen molar-refractivity contribution in [1.29, 1.82) is 0 Å². The predicted molar refractivity (Wildman–Crippen MR) is 79.6 cm³/mol. The molecule has 1 aliphatic rings. The molecule has 1 aromatic rings. The number of nitrogens with two attached hydrogens (primary N) is 1. The lowest BCUT2D eigenvalue weighted by Gasteiger charge is -2.22. The molecular weight excluding hydrogens is 331 g/mol. The molecule has 1 fully saturated rings. The third-order valence-electron chi connectivity index (χ3n) is 3.01. The van der Waals surface area contributed by atoms with Gasteiger partial charge < -0.3 is 10.6 Å². The summed E-state index contributed by atoms with van der Waals surface area (Å²) in [6, 6.07) is 4.56. The average molecular weight is 345 g/mol. The topological polar surface area (TPSA) is 46.3 Å². The Bertz CT molecular complexity index is 519. The van der Waals surface area contributed by atoms with E-state index in [1.54, 1.807) is 11.0 Å². The largest absolute Gasteiger partial charge is 0.393 e. The molecule has 0 spiro atoms. The lowest BCUT2D eigenvalue weighted by Crippen LogP contribution is -2.36. The van der Waals surface area contributed by atoms with Gasteiger partial charge >= 0.3 is 0 Å². The van der Waals surface area contributed by atoms with Crippen LogP contribution >= 0.6 is 28.1 Å². The Hall–Kier alpha value is -1.01. The van der Waals surface area contributed by atoms with Crippen LogP contribution < -0.4 is 5.73 Å². The molecule has 1 aliphatic carbocycles. The fourth-order valence-corrected chi connectivity index (χ4v) is 2.34. The summed E-state index contributed by atoms with van der Waals surface area (Å²) >= 11 is 8.08. The third kappa shape index (κ3) is 3.73. The highest BCUT2D eigenvalue weighted by molar-refractivity contribution is 9.10. The SMILES string of the molecule is NC(=S)CCN(C(=O)c1cc(Br)ccc1F)C1CC1. The number of rotatable bonds is 5. The van der Waals surface area contributed by atoms with Crippen LogP contribution in [0, 0.1) is 5.82 Å². The van der Waals surface area contributed by atoms with E-state index in [0.717, 1.165) is 12.8 Å². The first-order valence-electron chi connectivity index (χ1n) is 6.03. The summed E-state index contributed by atoms with van der Waals surface area (Å²) in [6.45, 7) is 0.449. The Kier molecular flexibility index (Phi) is 4.52. The first-order valence-corrected chi connectivity index (χ1v) is 7.23. The van der Waals surface area contributed by atoms with Crippen LogP contribution in [0.15, 0.2) is 22.7 Å². The molecule has 1 amide bonds. The monoisotopic (exact) mass is 344 g/mol. The van der Waals surface area contributed by atoms with Crippen LogP contribution in [0.5, 0.6) is 0 Å². The van der Waals surface area contributed by atoms with Gasteiger partial charge in [-0.25, -0.2) is 4.39 Å². The van der Waals surface area contributed by atoms with Crippen LogP contribution in [-0.2, 0) is 0 Å². The zero-order chi connectivity index (χ0) is 14.0. The zero-order valence-electron chi connectivity index (χ0n) is 10.2. The van der Waals surface area contributed by atoms with E-state index in [9.17, 15) is 9.18 Å². The number of nitrogens with zero attached hydrogens (tertiary/aromatic N) is 1. The standard InChI is InChI=1S/C13H14BrFN2OS/c14-8-1-4-11(15)10(7-8)13(18)17(9-2-3-9)6-5-12(16)19/h1,4,7,9H,2-3,5-6H2,(H2,16,19). The molecule has 3 nitrogen and oxygen atoms in total. The summed E-state index contributed by atoms with van der Waals surface area (Å²) in [7, 11) is 0. The van der Waals surface area contributed by atoms with Crippen LogP contribution in [0.1, 0.15) is 29.6 Å². The van der Waals surface area contributed by atoms with Gasteiger partial charge in [-0.15, -0.1) is 0 Å². The molecule has 0 heterocycles. The second kappa shape index (κ2) is 5.96. The number of hydrogen-bond donors (Lipinski definition) is 1. The first kappa shape index (κ1) is 14.4. The summed E-state index contributed by atoms with van der Waals surface area (Å²) in [5.74, 6) is -0.799. The second-order valence-electron chi connectivity index (χ2n) is 4.57. The highest BCUT2D eigenvalue weighted by atomic mass is 79.9. The van der Waals surface area contributed by atoms with Crippen molar-refractivity contribution in [2.45, 2.75) is 25.3 Å². The van der Waals surface area contributed by atoms with E-state index < -0.39 is 5.82 Å². The Morgan fingerprint density at radius 1 is 1.53 bits per heavy atom. The fourth-order valence-electron chi connectivity index (χ4n) is 1.88. The zero-order valence-corrected chi connectivity index (χ0v) is 12.6. The van der Waals surface area contributed by atoms with Crippen molar-refractivity contribution in [1.82, 2.24) is 4.90 Å². The summed E-state index contributed by atoms with van der Waals surface area (Å²) < 4.78 is 14.4. The van der Waals surface area contributed by atoms with E-state index in [1.165, 1.54) is 12.1 Å². The highest BCUT2D eigenvalue weighted by Gasteiger charge is 2.33. The van der Waals surface area contributed by atoms with Gasteiger partial charge in [0.25, 0.3) is 5.91 Å². The minimum absolute atomic E-state index is 0.0872. The minimum atomic E-state index is -0.505. The molecule has 0 aromatic heterocycles. The number of thiocarbonyl (C=S) groups is 1. The number of halogens is 2. The van der Waals surface area contributed by atoms with Crippen molar-refractivity contribution in [2.24, 2.45) is 5.73 Å². The van der Waals surface area contributed by atoms with Gasteiger partial charge in [0.2, 0.25) is 0 Å². The van der Waals surface area contributed by atoms with E-state index in [4.69, 9.17) is 18.0 Å². The van der Waals surface area contributed by atoms with Crippen LogP contribution in [0.25, 0.3) is 0 Å². The van der Waals surface area contributed by atoms with Crippen molar-refractivity contribution in [3.05, 3.63) is 34.1 Å². The summed E-state index contributed by atoms with van der Waals surface area (Å²) in [4.78, 5) is 14.4. The molecule has 0 radical (unpaired) electrons. The molecule has 2 N–H and O–H groups in total. The summed E-state index contributed by atoms with van der Waals surface area (Å²) in [5.41, 5.74) is 5.55. The molecule has 0 atom stereocenters. The van der Waals surface area contributed by atoms with Gasteiger partial charge in [0.05, 0.1) is 10.6 Å². The van der Waals surface area contributed by atoms with E-state index in [1.807, 2.05) is 0 Å². The number of carbonyl (C=O) groups excluding carboxylic acids is 1. The molecule has 2 rings (SSSR count). The van der Waals surface area contributed by atoms with Gasteiger partial charge in [-0.3, -0.25) is 4.79 Å². The molecule has 0 aliphatic heterocycles. The van der Waals surface area contributed by atoms with Crippen LogP contribution in [-0.4, -0.2) is 28.4 Å². The number of amides is 1. The molecule has 0 saturated heterocycles. The molecule has 0 unspecified atom stereocenters. The molecule has 1 saturated carbocycles. The highest BCUT2D eigenvalue weighted by Crippen LogP contribution is 2.29. The number of benzene rings is 1. The van der Waals surface area contributed by atoms with Crippen molar-refractivity contribution in [2.75, 3.05) is 6.54 Å². The van der Waals surface area contributed by atoms with Crippen molar-refractivity contribution in [3.63, 3.8) is 0 Å². The molecule has 0 bridgehead atoms. The Labute approximate surface area is 125 Å². The molecule has 6 heteroatoms. The Morgan fingerprint density at radius 2 is 2.21 bits per heavy atom. The third-order valence-corrected chi connectivity index (χ3v) is 3.70. The normalized spacial score (nSPS) is 14.2. The maximum atomic E-state index is 13.7. The van der Waals surface area contributed by atoms with Gasteiger partial charge in [-0.2, -0.15) is 0 Å². The van der Waals surface area contributed by atoms with Gasteiger partial charge in [0.1, 0.15) is 5.82 Å². The van der Waals surface area contributed by atoms with E-state index in [-0.39, 0.29) is 17.5 Å². The van der Waals surface area contributed by atoms with Crippen LogP contribution in [0.4, 0.5) is 4.39 Å². The smallest absolute Gasteiger partial charge is 0.257 e. The van der Waals surface area contributed by atoms with E-state index in [0.29, 0.717) is 22.4 Å². The maximum Gasteiger partial charge on any atom is 0.257 e. The van der Waals surface area contributed by atoms with Crippen molar-refractivity contribution in [3.8, 4) is 0 Å². The van der Waals surface area contributed by atoms with Gasteiger partial charge in [-0.05, 0) is 31.0 Å². The maximum absolute atomic E-state index is 13.7. The van der Waals surface area contributed by atoms with Crippen molar-refractivity contribution < 1.29 is 9.18 Å². The number of hydrogen-bond acceptors (Lipinski definition) is 2. The summed E-state index contributed by atoms with van der Waals surface area (Å²) in [5, 5.41) is 0. The summed E-state index contributed by atoms with van der Waals surface area (Å²) in [6.07, 6.45) is 2.38. The van der Waals surface area contributed by atoms with E-state index >= 15 is 0 Å². The Balaban J connectivity index is 2.18. The molecule has 19 heavy (non-hydrogen) atoms. The van der Waals surface area contributed by atoms with E-state index in [2.05, 4.69) is 15.9 Å². The lowest BCUT2D eigenvalue weighted by molar-refractivity contribution is 0.0743. The second-order valence-corrected chi connectivity index (χ2v) is 6.01. The van der Waals surface area contributed by atoms with Gasteiger partial charge in [0.15, 0.2) is 0 Å². The molecule has 1 aromatic carbocycles. The van der Waals surface area contributed by atoms with Crippen LogP contribution in [0.3, 0.4) is 0 Å². The van der Waals surface area contributed by atoms with Gasteiger partial charge in [-0.1, -0.05) is 28.1 Å².